The third-order valence-corrected chi connectivity index (χ3v) is 1.23. The van der Waals surface area contributed by atoms with Gasteiger partial charge in [-0.25, -0.2) is 4.36 Å². The number of carbonyl (C=O) groups excluding carboxylic acids is 1. The van der Waals surface area contributed by atoms with Gasteiger partial charge in [0.25, 0.3) is 0 Å². The van der Waals surface area contributed by atoms with Gasteiger partial charge in [0.1, 0.15) is 12.8 Å². The summed E-state index contributed by atoms with van der Waals surface area (Å²) in [5.41, 5.74) is 0. The summed E-state index contributed by atoms with van der Waals surface area (Å²) in [6.45, 7) is 0.0475. The molecule has 0 aliphatic carbocycles. The van der Waals surface area contributed by atoms with Gasteiger partial charge in [-0.2, -0.15) is 0 Å². The fraction of sp³-hybridized carbons (Fsp3) is 0.750. The van der Waals surface area contributed by atoms with Crippen LogP contribution >= 0.6 is 0 Å². The second-order valence-corrected chi connectivity index (χ2v) is 4.28. The maximum atomic E-state index is 10.6. The molecule has 0 heterocycles. The van der Waals surface area contributed by atoms with E-state index < -0.39 is 9.73 Å². The van der Waals surface area contributed by atoms with Gasteiger partial charge in [0.15, 0.2) is 0 Å². The molecule has 0 spiro atoms. The largest absolute Gasteiger partial charge is 0.301 e. The minimum Gasteiger partial charge on any atom is -0.301 e. The summed E-state index contributed by atoms with van der Waals surface area (Å²) in [6, 6.07) is 0. The number of hydrogen-bond acceptors (Lipinski definition) is 3. The molecule has 0 rings (SSSR count). The van der Waals surface area contributed by atoms with Crippen LogP contribution in [0.2, 0.25) is 0 Å². The standard InChI is InChI=1S/C4H9NO2S/c1-8(2,7)5-3-4-6/h4H,3H2,1-2H3. The van der Waals surface area contributed by atoms with Crippen molar-refractivity contribution in [2.24, 2.45) is 4.36 Å². The van der Waals surface area contributed by atoms with Gasteiger partial charge in [0, 0.05) is 22.2 Å². The normalized spacial score (nSPS) is 10.8. The van der Waals surface area contributed by atoms with Gasteiger partial charge in [0.2, 0.25) is 0 Å². The molecule has 0 aromatic heterocycles. The molecule has 0 atom stereocenters. The molecule has 0 aliphatic heterocycles. The topological polar surface area (TPSA) is 46.5 Å². The van der Waals surface area contributed by atoms with Crippen LogP contribution in [0.3, 0.4) is 0 Å². The molecule has 0 radical (unpaired) electrons. The fourth-order valence-electron chi connectivity index (χ4n) is 0.210. The van der Waals surface area contributed by atoms with Crippen molar-refractivity contribution in [2.75, 3.05) is 19.1 Å². The van der Waals surface area contributed by atoms with Crippen molar-refractivity contribution in [3.8, 4) is 0 Å². The van der Waals surface area contributed by atoms with Crippen LogP contribution in [0.4, 0.5) is 0 Å². The van der Waals surface area contributed by atoms with Gasteiger partial charge in [-0.15, -0.1) is 0 Å². The van der Waals surface area contributed by atoms with Gasteiger partial charge in [-0.1, -0.05) is 0 Å². The molecular weight excluding hydrogens is 126 g/mol. The first-order valence-corrected chi connectivity index (χ1v) is 4.46. The highest BCUT2D eigenvalue weighted by Gasteiger charge is 1.84. The second-order valence-electron chi connectivity index (χ2n) is 1.66. The number of hydrogen-bond donors (Lipinski definition) is 0. The number of nitrogens with zero attached hydrogens (tertiary/aromatic N) is 1. The van der Waals surface area contributed by atoms with Crippen molar-refractivity contribution in [2.45, 2.75) is 0 Å². The number of aldehydes is 1. The fourth-order valence-corrected chi connectivity index (χ4v) is 0.630. The monoisotopic (exact) mass is 135 g/mol. The minimum absolute atomic E-state index is 0.0475. The van der Waals surface area contributed by atoms with Crippen LogP contribution < -0.4 is 0 Å². The lowest BCUT2D eigenvalue weighted by atomic mass is 10.8. The predicted octanol–water partition coefficient (Wildman–Crippen LogP) is -0.0871. The van der Waals surface area contributed by atoms with E-state index >= 15 is 0 Å². The molecule has 4 heteroatoms. The first-order valence-electron chi connectivity index (χ1n) is 2.13. The maximum absolute atomic E-state index is 10.6. The van der Waals surface area contributed by atoms with Crippen molar-refractivity contribution in [3.05, 3.63) is 0 Å². The Hall–Kier alpha value is -0.380. The van der Waals surface area contributed by atoms with Crippen LogP contribution in [0.25, 0.3) is 0 Å². The summed E-state index contributed by atoms with van der Waals surface area (Å²) in [7, 11) is -2.04. The average molecular weight is 135 g/mol. The smallest absolute Gasteiger partial charge is 0.142 e. The van der Waals surface area contributed by atoms with Crippen LogP contribution in [-0.4, -0.2) is 29.6 Å². The summed E-state index contributed by atoms with van der Waals surface area (Å²) in [5, 5.41) is 0. The lowest BCUT2D eigenvalue weighted by Crippen LogP contribution is -1.93. The molecule has 48 valence electrons. The molecule has 0 N–H and O–H groups in total. The molecule has 0 fully saturated rings. The van der Waals surface area contributed by atoms with E-state index in [0.29, 0.717) is 6.29 Å². The van der Waals surface area contributed by atoms with Crippen LogP contribution in [0.1, 0.15) is 0 Å². The van der Waals surface area contributed by atoms with Crippen LogP contribution in [0, 0.1) is 0 Å². The summed E-state index contributed by atoms with van der Waals surface area (Å²) < 4.78 is 14.2. The third kappa shape index (κ3) is 5.62. The van der Waals surface area contributed by atoms with Gasteiger partial charge in [-0.05, 0) is 0 Å². The third-order valence-electron chi connectivity index (χ3n) is 0.460. The van der Waals surface area contributed by atoms with Crippen molar-refractivity contribution in [3.63, 3.8) is 0 Å². The Balaban J connectivity index is 3.97. The van der Waals surface area contributed by atoms with Crippen LogP contribution in [0.5, 0.6) is 0 Å². The zero-order valence-corrected chi connectivity index (χ0v) is 5.77. The van der Waals surface area contributed by atoms with E-state index in [1.807, 2.05) is 0 Å². The average Bonchev–Trinajstić information content (AvgIpc) is 1.59. The van der Waals surface area contributed by atoms with E-state index in [0.717, 1.165) is 0 Å². The highest BCUT2D eigenvalue weighted by Crippen LogP contribution is 1.79. The van der Waals surface area contributed by atoms with Crippen LogP contribution in [-0.2, 0) is 14.5 Å². The van der Waals surface area contributed by atoms with Crippen molar-refractivity contribution in [1.29, 1.82) is 0 Å². The Kier molecular flexibility index (Phi) is 2.68. The van der Waals surface area contributed by atoms with E-state index in [1.54, 1.807) is 0 Å². The second kappa shape index (κ2) is 2.81. The first-order chi connectivity index (χ1) is 3.56. The highest BCUT2D eigenvalue weighted by molar-refractivity contribution is 7.92. The highest BCUT2D eigenvalue weighted by atomic mass is 32.2. The maximum Gasteiger partial charge on any atom is 0.142 e. The molecular formula is C4H9NO2S. The van der Waals surface area contributed by atoms with E-state index in [-0.39, 0.29) is 6.54 Å². The van der Waals surface area contributed by atoms with Crippen molar-refractivity contribution >= 4 is 16.0 Å². The van der Waals surface area contributed by atoms with E-state index in [1.165, 1.54) is 12.5 Å². The lowest BCUT2D eigenvalue weighted by molar-refractivity contribution is -0.106. The zero-order chi connectivity index (χ0) is 6.62. The van der Waals surface area contributed by atoms with Gasteiger partial charge >= 0.3 is 0 Å². The van der Waals surface area contributed by atoms with E-state index in [9.17, 15) is 9.00 Å². The quantitative estimate of drug-likeness (QED) is 0.497. The molecule has 0 amide bonds. The Morgan fingerprint density at radius 2 is 2.12 bits per heavy atom. The SMILES string of the molecule is CS(C)(=O)=NCC=O. The van der Waals surface area contributed by atoms with Gasteiger partial charge < -0.3 is 4.79 Å². The molecule has 0 aromatic carbocycles. The number of carbonyl (C=O) groups is 1. The van der Waals surface area contributed by atoms with E-state index in [4.69, 9.17) is 0 Å². The minimum atomic E-state index is -2.04. The molecule has 0 bridgehead atoms. The first kappa shape index (κ1) is 7.62. The van der Waals surface area contributed by atoms with Crippen molar-refractivity contribution in [1.82, 2.24) is 0 Å². The Labute approximate surface area is 49.3 Å². The molecule has 0 unspecified atom stereocenters. The molecule has 0 aromatic rings. The van der Waals surface area contributed by atoms with Gasteiger partial charge in [-0.3, -0.25) is 4.21 Å². The Morgan fingerprint density at radius 1 is 1.62 bits per heavy atom. The summed E-state index contributed by atoms with van der Waals surface area (Å²) in [5.74, 6) is 0. The molecule has 0 aliphatic rings. The Morgan fingerprint density at radius 3 is 2.25 bits per heavy atom. The van der Waals surface area contributed by atoms with Crippen molar-refractivity contribution < 1.29 is 9.00 Å². The summed E-state index contributed by atoms with van der Waals surface area (Å²) in [6.07, 6.45) is 3.62. The molecule has 8 heavy (non-hydrogen) atoms. The Bertz CT molecular complexity index is 170. The molecule has 3 nitrogen and oxygen atoms in total. The predicted molar refractivity (Wildman–Crippen MR) is 33.3 cm³/mol. The van der Waals surface area contributed by atoms with Gasteiger partial charge in [0.05, 0.1) is 0 Å². The number of rotatable bonds is 2. The molecule has 0 saturated carbocycles. The summed E-state index contributed by atoms with van der Waals surface area (Å²) >= 11 is 0. The lowest BCUT2D eigenvalue weighted by Gasteiger charge is -1.87. The molecule has 0 saturated heterocycles. The zero-order valence-electron chi connectivity index (χ0n) is 4.96. The summed E-state index contributed by atoms with van der Waals surface area (Å²) in [4.78, 5) is 9.63. The van der Waals surface area contributed by atoms with E-state index in [2.05, 4.69) is 4.36 Å². The van der Waals surface area contributed by atoms with Crippen LogP contribution in [0.15, 0.2) is 4.36 Å².